The molecule has 0 bridgehead atoms. The molecule has 0 aliphatic carbocycles. The average Bonchev–Trinajstić information content (AvgIpc) is 2.37. The number of carboxylic acids is 1. The Morgan fingerprint density at radius 1 is 1.42 bits per heavy atom. The van der Waals surface area contributed by atoms with E-state index in [2.05, 4.69) is 5.32 Å². The van der Waals surface area contributed by atoms with Gasteiger partial charge in [0.05, 0.1) is 0 Å². The van der Waals surface area contributed by atoms with E-state index in [4.69, 9.17) is 9.84 Å². The Bertz CT molecular complexity index is 482. The molecule has 5 nitrogen and oxygen atoms in total. The molecular weight excluding hydrogens is 246 g/mol. The molecule has 1 rings (SSSR count). The smallest absolute Gasteiger partial charge is 0.328 e. The molecule has 0 aliphatic rings. The van der Waals surface area contributed by atoms with Gasteiger partial charge in [0.2, 0.25) is 0 Å². The van der Waals surface area contributed by atoms with Crippen molar-refractivity contribution in [2.45, 2.75) is 20.0 Å². The molecule has 1 aromatic carbocycles. The molecule has 19 heavy (non-hydrogen) atoms. The zero-order valence-electron chi connectivity index (χ0n) is 10.9. The minimum Gasteiger partial charge on any atom is -0.480 e. The first kappa shape index (κ1) is 14.8. The standard InChI is InChI=1S/C14H17NO4/c1-3-15-14(18)10(2)19-12-7-5-4-6-11(12)8-9-13(16)17/h4-10H,3H2,1-2H3,(H,15,18)(H,16,17)/b9-8+. The van der Waals surface area contributed by atoms with Crippen LogP contribution in [-0.2, 0) is 9.59 Å². The molecule has 1 atom stereocenters. The first-order valence-corrected chi connectivity index (χ1v) is 5.99. The molecular formula is C14H17NO4. The van der Waals surface area contributed by atoms with E-state index in [-0.39, 0.29) is 5.91 Å². The number of para-hydroxylation sites is 1. The Kier molecular flexibility index (Phi) is 5.60. The van der Waals surface area contributed by atoms with E-state index >= 15 is 0 Å². The number of benzene rings is 1. The number of aliphatic carboxylic acids is 1. The van der Waals surface area contributed by atoms with E-state index in [1.54, 1.807) is 31.2 Å². The fraction of sp³-hybridized carbons (Fsp3) is 0.286. The van der Waals surface area contributed by atoms with Gasteiger partial charge in [-0.05, 0) is 26.0 Å². The molecule has 0 aromatic heterocycles. The fourth-order valence-corrected chi connectivity index (χ4v) is 1.45. The van der Waals surface area contributed by atoms with Gasteiger partial charge in [-0.1, -0.05) is 18.2 Å². The monoisotopic (exact) mass is 263 g/mol. The van der Waals surface area contributed by atoms with Crippen LogP contribution in [0.5, 0.6) is 5.75 Å². The van der Waals surface area contributed by atoms with Crippen molar-refractivity contribution in [2.24, 2.45) is 0 Å². The first-order valence-electron chi connectivity index (χ1n) is 5.99. The molecule has 0 radical (unpaired) electrons. The lowest BCUT2D eigenvalue weighted by atomic mass is 10.2. The van der Waals surface area contributed by atoms with Crippen molar-refractivity contribution in [3.63, 3.8) is 0 Å². The third-order valence-corrected chi connectivity index (χ3v) is 2.35. The third-order valence-electron chi connectivity index (χ3n) is 2.35. The minimum absolute atomic E-state index is 0.209. The molecule has 0 fully saturated rings. The maximum absolute atomic E-state index is 11.6. The summed E-state index contributed by atoms with van der Waals surface area (Å²) in [6, 6.07) is 6.94. The highest BCUT2D eigenvalue weighted by Crippen LogP contribution is 2.20. The van der Waals surface area contributed by atoms with Gasteiger partial charge in [0.1, 0.15) is 5.75 Å². The van der Waals surface area contributed by atoms with E-state index in [1.807, 2.05) is 6.92 Å². The van der Waals surface area contributed by atoms with Crippen molar-refractivity contribution < 1.29 is 19.4 Å². The van der Waals surface area contributed by atoms with Crippen LogP contribution in [0.2, 0.25) is 0 Å². The van der Waals surface area contributed by atoms with Crippen LogP contribution in [0.1, 0.15) is 19.4 Å². The number of ether oxygens (including phenoxy) is 1. The second-order valence-corrected chi connectivity index (χ2v) is 3.86. The van der Waals surface area contributed by atoms with Crippen LogP contribution >= 0.6 is 0 Å². The molecule has 0 saturated carbocycles. The summed E-state index contributed by atoms with van der Waals surface area (Å²) in [6.45, 7) is 4.00. The van der Waals surface area contributed by atoms with Crippen LogP contribution in [0.15, 0.2) is 30.3 Å². The number of likely N-dealkylation sites (N-methyl/N-ethyl adjacent to an activating group) is 1. The van der Waals surface area contributed by atoms with Gasteiger partial charge in [0.25, 0.3) is 5.91 Å². The molecule has 1 unspecified atom stereocenters. The average molecular weight is 263 g/mol. The quantitative estimate of drug-likeness (QED) is 0.766. The topological polar surface area (TPSA) is 75.6 Å². The summed E-state index contributed by atoms with van der Waals surface area (Å²) in [4.78, 5) is 22.1. The predicted molar refractivity (Wildman–Crippen MR) is 71.9 cm³/mol. The second-order valence-electron chi connectivity index (χ2n) is 3.86. The summed E-state index contributed by atoms with van der Waals surface area (Å²) in [5, 5.41) is 11.3. The van der Waals surface area contributed by atoms with Crippen molar-refractivity contribution in [1.82, 2.24) is 5.32 Å². The largest absolute Gasteiger partial charge is 0.480 e. The van der Waals surface area contributed by atoms with Crippen molar-refractivity contribution in [3.8, 4) is 5.75 Å². The molecule has 0 saturated heterocycles. The number of nitrogens with one attached hydrogen (secondary N) is 1. The van der Waals surface area contributed by atoms with Crippen molar-refractivity contribution in [2.75, 3.05) is 6.54 Å². The molecule has 0 aliphatic heterocycles. The van der Waals surface area contributed by atoms with E-state index in [1.165, 1.54) is 6.08 Å². The Hall–Kier alpha value is -2.30. The number of carbonyl (C=O) groups excluding carboxylic acids is 1. The van der Waals surface area contributed by atoms with Crippen LogP contribution in [0.3, 0.4) is 0 Å². The lowest BCUT2D eigenvalue weighted by molar-refractivity contribution is -0.131. The summed E-state index contributed by atoms with van der Waals surface area (Å²) in [5.74, 6) is -0.773. The van der Waals surface area contributed by atoms with Gasteiger partial charge in [-0.15, -0.1) is 0 Å². The lowest BCUT2D eigenvalue weighted by Crippen LogP contribution is -2.36. The van der Waals surface area contributed by atoms with E-state index < -0.39 is 12.1 Å². The van der Waals surface area contributed by atoms with Gasteiger partial charge in [0, 0.05) is 18.2 Å². The van der Waals surface area contributed by atoms with Crippen LogP contribution in [0, 0.1) is 0 Å². The zero-order chi connectivity index (χ0) is 14.3. The Balaban J connectivity index is 2.83. The summed E-state index contributed by atoms with van der Waals surface area (Å²) in [6.07, 6.45) is 1.82. The second kappa shape index (κ2) is 7.20. The zero-order valence-corrected chi connectivity index (χ0v) is 10.9. The van der Waals surface area contributed by atoms with Gasteiger partial charge in [-0.2, -0.15) is 0 Å². The summed E-state index contributed by atoms with van der Waals surface area (Å²) in [5.41, 5.74) is 0.612. The molecule has 5 heteroatoms. The van der Waals surface area contributed by atoms with Gasteiger partial charge in [-0.25, -0.2) is 4.79 Å². The van der Waals surface area contributed by atoms with Crippen LogP contribution in [0.4, 0.5) is 0 Å². The number of rotatable bonds is 6. The van der Waals surface area contributed by atoms with E-state index in [9.17, 15) is 9.59 Å². The summed E-state index contributed by atoms with van der Waals surface area (Å²) < 4.78 is 5.54. The number of hydrogen-bond donors (Lipinski definition) is 2. The normalized spacial score (nSPS) is 12.1. The first-order chi connectivity index (χ1) is 9.04. The lowest BCUT2D eigenvalue weighted by Gasteiger charge is -2.15. The Morgan fingerprint density at radius 2 is 2.11 bits per heavy atom. The number of amides is 1. The maximum Gasteiger partial charge on any atom is 0.328 e. The van der Waals surface area contributed by atoms with E-state index in [0.29, 0.717) is 17.9 Å². The number of carbonyl (C=O) groups is 2. The maximum atomic E-state index is 11.6. The molecule has 2 N–H and O–H groups in total. The number of hydrogen-bond acceptors (Lipinski definition) is 3. The van der Waals surface area contributed by atoms with Crippen LogP contribution in [-0.4, -0.2) is 29.6 Å². The molecule has 0 spiro atoms. The molecule has 102 valence electrons. The number of carboxylic acid groups (broad SMARTS) is 1. The summed E-state index contributed by atoms with van der Waals surface area (Å²) in [7, 11) is 0. The Morgan fingerprint density at radius 3 is 2.74 bits per heavy atom. The van der Waals surface area contributed by atoms with Gasteiger partial charge in [-0.3, -0.25) is 4.79 Å². The highest BCUT2D eigenvalue weighted by molar-refractivity contribution is 5.86. The van der Waals surface area contributed by atoms with Crippen LogP contribution < -0.4 is 10.1 Å². The van der Waals surface area contributed by atoms with Crippen molar-refractivity contribution in [1.29, 1.82) is 0 Å². The highest BCUT2D eigenvalue weighted by atomic mass is 16.5. The van der Waals surface area contributed by atoms with Gasteiger partial charge >= 0.3 is 5.97 Å². The Labute approximate surface area is 111 Å². The fourth-order valence-electron chi connectivity index (χ4n) is 1.45. The van der Waals surface area contributed by atoms with Gasteiger partial charge < -0.3 is 15.2 Å². The van der Waals surface area contributed by atoms with Crippen molar-refractivity contribution in [3.05, 3.63) is 35.9 Å². The molecule has 0 heterocycles. The van der Waals surface area contributed by atoms with Crippen LogP contribution in [0.25, 0.3) is 6.08 Å². The molecule has 1 amide bonds. The predicted octanol–water partition coefficient (Wildman–Crippen LogP) is 1.69. The SMILES string of the molecule is CCNC(=O)C(C)Oc1ccccc1/C=C/C(=O)O. The molecule has 1 aromatic rings. The van der Waals surface area contributed by atoms with E-state index in [0.717, 1.165) is 6.08 Å². The summed E-state index contributed by atoms with van der Waals surface area (Å²) >= 11 is 0. The minimum atomic E-state index is -1.04. The third kappa shape index (κ3) is 4.83. The van der Waals surface area contributed by atoms with Gasteiger partial charge in [0.15, 0.2) is 6.10 Å². The van der Waals surface area contributed by atoms with Crippen molar-refractivity contribution >= 4 is 18.0 Å². The highest BCUT2D eigenvalue weighted by Gasteiger charge is 2.14.